The Morgan fingerprint density at radius 2 is 1.69 bits per heavy atom. The molecule has 0 saturated heterocycles. The highest BCUT2D eigenvalue weighted by molar-refractivity contribution is 7.09. The van der Waals surface area contributed by atoms with Crippen molar-refractivity contribution in [2.75, 3.05) is 39.8 Å². The first kappa shape index (κ1) is 41.8. The number of hydrogen-bond acceptors (Lipinski definition) is 8. The summed E-state index contributed by atoms with van der Waals surface area (Å²) in [6, 6.07) is 9.09. The number of amides is 3. The highest BCUT2D eigenvalue weighted by atomic mass is 32.1. The van der Waals surface area contributed by atoms with Crippen LogP contribution in [0.3, 0.4) is 0 Å². The van der Waals surface area contributed by atoms with Crippen LogP contribution in [0.5, 0.6) is 0 Å². The molecule has 11 nitrogen and oxygen atoms in total. The van der Waals surface area contributed by atoms with Crippen molar-refractivity contribution in [3.05, 3.63) is 52.0 Å². The van der Waals surface area contributed by atoms with Gasteiger partial charge < -0.3 is 25.4 Å². The summed E-state index contributed by atoms with van der Waals surface area (Å²) in [4.78, 5) is 59.8. The van der Waals surface area contributed by atoms with E-state index in [1.807, 2.05) is 61.0 Å². The SMILES string of the molecule is CCCCN(C)CC(=O)NCC(=O)N(CCC)C(C[C@@H](OCCC)c1nc(C(=O)N[C@@H](Cc2ccccc2)C[C@@H](C)C(=O)O)cs1)C(C)C. The van der Waals surface area contributed by atoms with Crippen molar-refractivity contribution in [2.24, 2.45) is 11.8 Å². The van der Waals surface area contributed by atoms with Crippen LogP contribution in [0.15, 0.2) is 35.7 Å². The molecule has 3 N–H and O–H groups in total. The van der Waals surface area contributed by atoms with E-state index in [0.717, 1.165) is 37.8 Å². The molecule has 1 aromatic carbocycles. The summed E-state index contributed by atoms with van der Waals surface area (Å²) >= 11 is 1.34. The zero-order valence-electron chi connectivity index (χ0n) is 30.6. The Bertz CT molecular complexity index is 1290. The number of unbranched alkanes of at least 4 members (excludes halogenated alkanes) is 1. The van der Waals surface area contributed by atoms with E-state index in [1.54, 1.807) is 12.3 Å². The number of aromatic nitrogens is 1. The lowest BCUT2D eigenvalue weighted by Gasteiger charge is -2.36. The Labute approximate surface area is 297 Å². The topological polar surface area (TPSA) is 141 Å². The molecule has 1 heterocycles. The minimum atomic E-state index is -0.910. The fourth-order valence-electron chi connectivity index (χ4n) is 5.70. The number of benzene rings is 1. The van der Waals surface area contributed by atoms with Crippen molar-refractivity contribution >= 4 is 35.0 Å². The highest BCUT2D eigenvalue weighted by Gasteiger charge is 2.31. The first-order valence-electron chi connectivity index (χ1n) is 17.8. The van der Waals surface area contributed by atoms with Crippen molar-refractivity contribution in [3.8, 4) is 0 Å². The monoisotopic (exact) mass is 701 g/mol. The normalized spacial score (nSPS) is 13.9. The van der Waals surface area contributed by atoms with Gasteiger partial charge in [-0.3, -0.25) is 24.1 Å². The van der Waals surface area contributed by atoms with Crippen molar-refractivity contribution in [3.63, 3.8) is 0 Å². The first-order valence-corrected chi connectivity index (χ1v) is 18.7. The molecule has 274 valence electrons. The van der Waals surface area contributed by atoms with Crippen LogP contribution in [-0.2, 0) is 25.5 Å². The minimum absolute atomic E-state index is 0.0730. The molecule has 0 spiro atoms. The van der Waals surface area contributed by atoms with E-state index in [0.29, 0.717) is 31.0 Å². The Morgan fingerprint density at radius 3 is 2.31 bits per heavy atom. The molecule has 0 bridgehead atoms. The largest absolute Gasteiger partial charge is 0.481 e. The third-order valence-electron chi connectivity index (χ3n) is 8.43. The summed E-state index contributed by atoms with van der Waals surface area (Å²) in [6.45, 7) is 14.0. The average Bonchev–Trinajstić information content (AvgIpc) is 3.56. The first-order chi connectivity index (χ1) is 23.4. The van der Waals surface area contributed by atoms with E-state index in [1.165, 1.54) is 11.3 Å². The number of ether oxygens (including phenoxy) is 1. The molecule has 4 atom stereocenters. The van der Waals surface area contributed by atoms with Crippen molar-refractivity contribution in [1.82, 2.24) is 25.4 Å². The van der Waals surface area contributed by atoms with Gasteiger partial charge in [-0.25, -0.2) is 4.98 Å². The molecule has 1 aromatic heterocycles. The third-order valence-corrected chi connectivity index (χ3v) is 9.36. The molecule has 3 amide bonds. The van der Waals surface area contributed by atoms with E-state index >= 15 is 0 Å². The number of likely N-dealkylation sites (N-methyl/N-ethyl adjacent to an activating group) is 1. The summed E-state index contributed by atoms with van der Waals surface area (Å²) in [7, 11) is 1.91. The lowest BCUT2D eigenvalue weighted by molar-refractivity contribution is -0.141. The fraction of sp³-hybridized carbons (Fsp3) is 0.649. The third kappa shape index (κ3) is 15.0. The van der Waals surface area contributed by atoms with Gasteiger partial charge in [0, 0.05) is 37.0 Å². The van der Waals surface area contributed by atoms with E-state index in [4.69, 9.17) is 9.72 Å². The molecule has 0 aliphatic rings. The van der Waals surface area contributed by atoms with Gasteiger partial charge in [0.25, 0.3) is 5.91 Å². The maximum atomic E-state index is 13.6. The lowest BCUT2D eigenvalue weighted by atomic mass is 9.95. The van der Waals surface area contributed by atoms with Crippen LogP contribution in [0.25, 0.3) is 0 Å². The smallest absolute Gasteiger partial charge is 0.306 e. The van der Waals surface area contributed by atoms with Gasteiger partial charge in [0.05, 0.1) is 19.0 Å². The van der Waals surface area contributed by atoms with Crippen LogP contribution in [0.2, 0.25) is 0 Å². The Balaban J connectivity index is 2.21. The lowest BCUT2D eigenvalue weighted by Crippen LogP contribution is -2.49. The Kier molecular flexibility index (Phi) is 19.1. The number of nitrogens with zero attached hydrogens (tertiary/aromatic N) is 3. The van der Waals surface area contributed by atoms with E-state index in [2.05, 4.69) is 31.4 Å². The molecule has 2 aromatic rings. The van der Waals surface area contributed by atoms with E-state index in [9.17, 15) is 24.3 Å². The predicted octanol–water partition coefficient (Wildman–Crippen LogP) is 5.56. The number of aliphatic carboxylic acids is 1. The molecule has 2 rings (SSSR count). The maximum absolute atomic E-state index is 13.6. The minimum Gasteiger partial charge on any atom is -0.481 e. The van der Waals surface area contributed by atoms with Crippen molar-refractivity contribution in [2.45, 2.75) is 105 Å². The highest BCUT2D eigenvalue weighted by Crippen LogP contribution is 2.31. The average molecular weight is 702 g/mol. The second-order valence-electron chi connectivity index (χ2n) is 13.3. The fourth-order valence-corrected chi connectivity index (χ4v) is 6.56. The molecule has 0 radical (unpaired) electrons. The number of carbonyl (C=O) groups is 4. The molecule has 0 aliphatic carbocycles. The summed E-state index contributed by atoms with van der Waals surface area (Å²) in [5.74, 6) is -2.13. The maximum Gasteiger partial charge on any atom is 0.306 e. The van der Waals surface area contributed by atoms with Gasteiger partial charge in [0.15, 0.2) is 0 Å². The summed E-state index contributed by atoms with van der Waals surface area (Å²) in [5, 5.41) is 17.7. The number of thiazole rings is 1. The summed E-state index contributed by atoms with van der Waals surface area (Å²) < 4.78 is 6.31. The number of carbonyl (C=O) groups excluding carboxylic acids is 3. The van der Waals surface area contributed by atoms with Crippen LogP contribution in [0, 0.1) is 11.8 Å². The van der Waals surface area contributed by atoms with E-state index < -0.39 is 24.0 Å². The van der Waals surface area contributed by atoms with Gasteiger partial charge in [0.2, 0.25) is 11.8 Å². The number of rotatable bonds is 24. The van der Waals surface area contributed by atoms with Crippen LogP contribution in [0.4, 0.5) is 0 Å². The predicted molar refractivity (Wildman–Crippen MR) is 195 cm³/mol. The van der Waals surface area contributed by atoms with Crippen molar-refractivity contribution < 1.29 is 29.0 Å². The number of nitrogens with one attached hydrogen (secondary N) is 2. The van der Waals surface area contributed by atoms with Crippen LogP contribution in [0.1, 0.15) is 107 Å². The quantitative estimate of drug-likeness (QED) is 0.129. The number of carboxylic acids is 1. The second-order valence-corrected chi connectivity index (χ2v) is 14.2. The van der Waals surface area contributed by atoms with Gasteiger partial charge >= 0.3 is 5.97 Å². The molecular formula is C37H59N5O6S. The molecule has 0 fully saturated rings. The van der Waals surface area contributed by atoms with E-state index in [-0.39, 0.29) is 54.9 Å². The molecule has 12 heteroatoms. The van der Waals surface area contributed by atoms with Gasteiger partial charge in [-0.2, -0.15) is 0 Å². The number of carboxylic acid groups (broad SMARTS) is 1. The van der Waals surface area contributed by atoms with Crippen LogP contribution >= 0.6 is 11.3 Å². The summed E-state index contributed by atoms with van der Waals surface area (Å²) in [6.07, 6.45) is 4.43. The van der Waals surface area contributed by atoms with Gasteiger partial charge in [-0.15, -0.1) is 11.3 Å². The van der Waals surface area contributed by atoms with Crippen LogP contribution in [-0.4, -0.2) is 95.5 Å². The Morgan fingerprint density at radius 1 is 0.980 bits per heavy atom. The van der Waals surface area contributed by atoms with Gasteiger partial charge in [-0.05, 0) is 57.2 Å². The van der Waals surface area contributed by atoms with Gasteiger partial charge in [-0.1, -0.05) is 78.3 Å². The zero-order chi connectivity index (χ0) is 36.3. The summed E-state index contributed by atoms with van der Waals surface area (Å²) in [5.41, 5.74) is 1.25. The molecule has 0 saturated carbocycles. The second kappa shape index (κ2) is 22.4. The molecule has 1 unspecified atom stereocenters. The Hall–Kier alpha value is -3.35. The number of hydrogen-bond donors (Lipinski definition) is 3. The standard InChI is InChI=1S/C37H59N5O6S/c1-8-11-18-41(7)24-33(43)38-23-34(44)42(17-9-2)31(26(4)5)22-32(48-19-10-3)36-40-30(25-49-36)35(45)39-29(20-27(6)37(46)47)21-28-15-13-12-14-16-28/h12-16,25-27,29,31-32H,8-11,17-24H2,1-7H3,(H,38,43)(H,39,45)(H,46,47)/t27-,29-,31?,32-/m1/s1. The zero-order valence-corrected chi connectivity index (χ0v) is 31.4. The van der Waals surface area contributed by atoms with Crippen molar-refractivity contribution in [1.29, 1.82) is 0 Å². The van der Waals surface area contributed by atoms with Gasteiger partial charge in [0.1, 0.15) is 16.8 Å². The van der Waals surface area contributed by atoms with Crippen LogP contribution < -0.4 is 10.6 Å². The molecule has 0 aliphatic heterocycles. The molecule has 49 heavy (non-hydrogen) atoms. The molecular weight excluding hydrogens is 643 g/mol.